The first kappa shape index (κ1) is 13.6. The van der Waals surface area contributed by atoms with Crippen LogP contribution in [0.3, 0.4) is 0 Å². The highest BCUT2D eigenvalue weighted by Gasteiger charge is 2.23. The molecule has 3 rings (SSSR count). The van der Waals surface area contributed by atoms with Crippen LogP contribution < -0.4 is 5.32 Å². The Balaban J connectivity index is 1.65. The van der Waals surface area contributed by atoms with Crippen LogP contribution in [0.25, 0.3) is 0 Å². The molecule has 2 heterocycles. The number of esters is 1. The van der Waals surface area contributed by atoms with Crippen molar-refractivity contribution in [3.63, 3.8) is 0 Å². The van der Waals surface area contributed by atoms with Gasteiger partial charge in [-0.3, -0.25) is 0 Å². The first-order chi connectivity index (χ1) is 9.72. The zero-order valence-electron chi connectivity index (χ0n) is 12.0. The van der Waals surface area contributed by atoms with Crippen molar-refractivity contribution in [1.82, 2.24) is 10.2 Å². The predicted octanol–water partition coefficient (Wildman–Crippen LogP) is 1.24. The third kappa shape index (κ3) is 3.02. The fourth-order valence-corrected chi connectivity index (χ4v) is 2.99. The molecule has 0 aliphatic carbocycles. The van der Waals surface area contributed by atoms with E-state index in [4.69, 9.17) is 4.74 Å². The highest BCUT2D eigenvalue weighted by atomic mass is 16.5. The highest BCUT2D eigenvalue weighted by Crippen LogP contribution is 2.22. The van der Waals surface area contributed by atoms with Crippen molar-refractivity contribution in [2.75, 3.05) is 32.7 Å². The van der Waals surface area contributed by atoms with Gasteiger partial charge in [-0.25, -0.2) is 4.79 Å². The molecule has 20 heavy (non-hydrogen) atoms. The average molecular weight is 274 g/mol. The average Bonchev–Trinajstić information content (AvgIpc) is 2.45. The minimum atomic E-state index is -0.174. The Labute approximate surface area is 120 Å². The molecular weight excluding hydrogens is 252 g/mol. The maximum atomic E-state index is 11.8. The van der Waals surface area contributed by atoms with Crippen LogP contribution in [0.4, 0.5) is 0 Å². The van der Waals surface area contributed by atoms with E-state index in [0.717, 1.165) is 56.7 Å². The molecule has 1 fully saturated rings. The number of carbonyl (C=O) groups is 1. The summed E-state index contributed by atoms with van der Waals surface area (Å²) in [7, 11) is 0. The third-order valence-electron chi connectivity index (χ3n) is 4.13. The Hall–Kier alpha value is -1.39. The van der Waals surface area contributed by atoms with E-state index in [1.54, 1.807) is 0 Å². The maximum Gasteiger partial charge on any atom is 0.338 e. The molecule has 0 spiro atoms. The van der Waals surface area contributed by atoms with Crippen molar-refractivity contribution in [2.45, 2.75) is 25.9 Å². The maximum absolute atomic E-state index is 11.8. The van der Waals surface area contributed by atoms with E-state index in [1.165, 1.54) is 5.56 Å². The number of fused-ring (bicyclic) bond motifs is 1. The molecule has 0 amide bonds. The highest BCUT2D eigenvalue weighted by molar-refractivity contribution is 5.92. The van der Waals surface area contributed by atoms with Gasteiger partial charge < -0.3 is 15.0 Å². The molecule has 0 radical (unpaired) electrons. The first-order valence-corrected chi connectivity index (χ1v) is 7.48. The van der Waals surface area contributed by atoms with Gasteiger partial charge >= 0.3 is 5.97 Å². The van der Waals surface area contributed by atoms with E-state index in [9.17, 15) is 4.79 Å². The normalized spacial score (nSPS) is 23.2. The summed E-state index contributed by atoms with van der Waals surface area (Å²) in [6, 6.07) is 6.18. The van der Waals surface area contributed by atoms with Crippen LogP contribution in [0.2, 0.25) is 0 Å². The molecule has 0 unspecified atom stereocenters. The van der Waals surface area contributed by atoms with Gasteiger partial charge in [-0.05, 0) is 30.5 Å². The van der Waals surface area contributed by atoms with Crippen LogP contribution in [-0.4, -0.2) is 49.7 Å². The second-order valence-electron chi connectivity index (χ2n) is 5.75. The SMILES string of the molecule is C[C@@H]1Cc2cc(CCN3CCNCC3)ccc2C(=O)O1. The number of carbonyl (C=O) groups excluding carboxylic acids is 1. The molecule has 0 aromatic heterocycles. The largest absolute Gasteiger partial charge is 0.459 e. The molecule has 1 aromatic rings. The number of nitrogens with zero attached hydrogens (tertiary/aromatic N) is 1. The number of piperazine rings is 1. The smallest absolute Gasteiger partial charge is 0.338 e. The number of ether oxygens (including phenoxy) is 1. The lowest BCUT2D eigenvalue weighted by molar-refractivity contribution is 0.0301. The zero-order chi connectivity index (χ0) is 13.9. The van der Waals surface area contributed by atoms with Gasteiger partial charge in [-0.1, -0.05) is 12.1 Å². The van der Waals surface area contributed by atoms with Crippen molar-refractivity contribution < 1.29 is 9.53 Å². The fraction of sp³-hybridized carbons (Fsp3) is 0.562. The number of cyclic esters (lactones) is 1. The molecule has 2 aliphatic rings. The molecule has 4 heteroatoms. The van der Waals surface area contributed by atoms with Crippen LogP contribution in [0.15, 0.2) is 18.2 Å². The molecule has 0 bridgehead atoms. The molecule has 2 aliphatic heterocycles. The molecule has 1 saturated heterocycles. The Kier molecular flexibility index (Phi) is 4.03. The van der Waals surface area contributed by atoms with Gasteiger partial charge in [-0.2, -0.15) is 0 Å². The first-order valence-electron chi connectivity index (χ1n) is 7.48. The topological polar surface area (TPSA) is 41.6 Å². The van der Waals surface area contributed by atoms with Crippen LogP contribution in [0, 0.1) is 0 Å². The number of hydrogen-bond donors (Lipinski definition) is 1. The monoisotopic (exact) mass is 274 g/mol. The molecule has 108 valence electrons. The van der Waals surface area contributed by atoms with Crippen molar-refractivity contribution in [3.05, 3.63) is 34.9 Å². The minimum absolute atomic E-state index is 0.00146. The molecular formula is C16H22N2O2. The summed E-state index contributed by atoms with van der Waals surface area (Å²) in [5, 5.41) is 3.37. The standard InChI is InChI=1S/C16H22N2O2/c1-12-10-14-11-13(2-3-15(14)16(19)20-12)4-7-18-8-5-17-6-9-18/h2-3,11-12,17H,4-10H2,1H3/t12-/m1/s1. The van der Waals surface area contributed by atoms with Gasteiger partial charge in [0.05, 0.1) is 5.56 Å². The van der Waals surface area contributed by atoms with Gasteiger partial charge in [0.1, 0.15) is 6.10 Å². The summed E-state index contributed by atoms with van der Waals surface area (Å²) in [6.45, 7) is 7.50. The van der Waals surface area contributed by atoms with E-state index >= 15 is 0 Å². The Morgan fingerprint density at radius 3 is 2.95 bits per heavy atom. The molecule has 1 aromatic carbocycles. The van der Waals surface area contributed by atoms with E-state index in [2.05, 4.69) is 22.3 Å². The summed E-state index contributed by atoms with van der Waals surface area (Å²) in [5.74, 6) is -0.174. The van der Waals surface area contributed by atoms with Gasteiger partial charge in [0.25, 0.3) is 0 Å². The number of nitrogens with one attached hydrogen (secondary N) is 1. The zero-order valence-corrected chi connectivity index (χ0v) is 12.0. The Bertz CT molecular complexity index is 495. The summed E-state index contributed by atoms with van der Waals surface area (Å²) in [5.41, 5.74) is 3.21. The summed E-state index contributed by atoms with van der Waals surface area (Å²) in [4.78, 5) is 14.3. The van der Waals surface area contributed by atoms with E-state index in [0.29, 0.717) is 0 Å². The van der Waals surface area contributed by atoms with Gasteiger partial charge in [-0.15, -0.1) is 0 Å². The molecule has 1 atom stereocenters. The second-order valence-corrected chi connectivity index (χ2v) is 5.75. The number of rotatable bonds is 3. The minimum Gasteiger partial charge on any atom is -0.459 e. The van der Waals surface area contributed by atoms with Gasteiger partial charge in [0.2, 0.25) is 0 Å². The van der Waals surface area contributed by atoms with Crippen LogP contribution >= 0.6 is 0 Å². The predicted molar refractivity (Wildman–Crippen MR) is 78.0 cm³/mol. The van der Waals surface area contributed by atoms with E-state index in [-0.39, 0.29) is 12.1 Å². The third-order valence-corrected chi connectivity index (χ3v) is 4.13. The Morgan fingerprint density at radius 2 is 2.15 bits per heavy atom. The summed E-state index contributed by atoms with van der Waals surface area (Å²) < 4.78 is 5.25. The Morgan fingerprint density at radius 1 is 1.35 bits per heavy atom. The van der Waals surface area contributed by atoms with Crippen LogP contribution in [-0.2, 0) is 17.6 Å². The van der Waals surface area contributed by atoms with Gasteiger partial charge in [0, 0.05) is 39.1 Å². The lowest BCUT2D eigenvalue weighted by Crippen LogP contribution is -2.44. The molecule has 4 nitrogen and oxygen atoms in total. The fourth-order valence-electron chi connectivity index (χ4n) is 2.99. The van der Waals surface area contributed by atoms with Gasteiger partial charge in [0.15, 0.2) is 0 Å². The van der Waals surface area contributed by atoms with Crippen molar-refractivity contribution in [2.24, 2.45) is 0 Å². The second kappa shape index (κ2) is 5.94. The number of benzene rings is 1. The number of hydrogen-bond acceptors (Lipinski definition) is 4. The van der Waals surface area contributed by atoms with Crippen LogP contribution in [0.5, 0.6) is 0 Å². The quantitative estimate of drug-likeness (QED) is 0.842. The van der Waals surface area contributed by atoms with E-state index in [1.807, 2.05) is 13.0 Å². The summed E-state index contributed by atoms with van der Waals surface area (Å²) >= 11 is 0. The molecule has 0 saturated carbocycles. The van der Waals surface area contributed by atoms with Crippen molar-refractivity contribution in [1.29, 1.82) is 0 Å². The van der Waals surface area contributed by atoms with Crippen LogP contribution in [0.1, 0.15) is 28.4 Å². The van der Waals surface area contributed by atoms with E-state index < -0.39 is 0 Å². The molecule has 1 N–H and O–H groups in total. The lowest BCUT2D eigenvalue weighted by Gasteiger charge is -2.27. The van der Waals surface area contributed by atoms with Crippen molar-refractivity contribution >= 4 is 5.97 Å². The summed E-state index contributed by atoms with van der Waals surface area (Å²) in [6.07, 6.45) is 1.89. The lowest BCUT2D eigenvalue weighted by atomic mass is 9.96. The van der Waals surface area contributed by atoms with Crippen molar-refractivity contribution in [3.8, 4) is 0 Å².